The lowest BCUT2D eigenvalue weighted by atomic mass is 9.84. The SMILES string of the molecule is CC.Cc1ccc(-c2ccccc2)cc1N(c1ccc(C#N)cc1)c1cc(C(C)C)c2ccc3c(N(c4ccc(C#N)cc4)c4cc(-c5ccccc5)ccc4C)cc(C(C)C)c4ccc1c2c43. The predicted molar refractivity (Wildman–Crippen MR) is 289 cm³/mol. The van der Waals surface area contributed by atoms with Crippen LogP contribution >= 0.6 is 0 Å². The quantitative estimate of drug-likeness (QED) is 0.128. The van der Waals surface area contributed by atoms with Gasteiger partial charge in [-0.15, -0.1) is 0 Å². The molecule has 0 aromatic heterocycles. The number of hydrogen-bond donors (Lipinski definition) is 0. The number of benzene rings is 10. The van der Waals surface area contributed by atoms with Crippen LogP contribution in [0.5, 0.6) is 0 Å². The molecule has 0 atom stereocenters. The Kier molecular flexibility index (Phi) is 12.6. The average molecular weight is 881 g/mol. The smallest absolute Gasteiger partial charge is 0.0991 e. The van der Waals surface area contributed by atoms with Crippen molar-refractivity contribution in [2.45, 2.75) is 67.2 Å². The highest BCUT2D eigenvalue weighted by molar-refractivity contribution is 6.29. The second-order valence-corrected chi connectivity index (χ2v) is 18.1. The van der Waals surface area contributed by atoms with E-state index in [0.717, 1.165) is 78.3 Å². The minimum absolute atomic E-state index is 0.218. The maximum atomic E-state index is 9.90. The van der Waals surface area contributed by atoms with E-state index in [4.69, 9.17) is 0 Å². The highest BCUT2D eigenvalue weighted by Gasteiger charge is 2.27. The molecule has 0 aliphatic heterocycles. The molecular formula is C64H56N4. The van der Waals surface area contributed by atoms with Crippen LogP contribution in [0.1, 0.15) is 86.8 Å². The summed E-state index contributed by atoms with van der Waals surface area (Å²) in [4.78, 5) is 4.82. The predicted octanol–water partition coefficient (Wildman–Crippen LogP) is 18.5. The first-order chi connectivity index (χ1) is 33.1. The zero-order valence-electron chi connectivity index (χ0n) is 40.3. The van der Waals surface area contributed by atoms with E-state index in [9.17, 15) is 10.5 Å². The maximum absolute atomic E-state index is 9.90. The fourth-order valence-electron chi connectivity index (χ4n) is 9.84. The topological polar surface area (TPSA) is 54.1 Å². The van der Waals surface area contributed by atoms with Crippen LogP contribution in [0.4, 0.5) is 34.1 Å². The van der Waals surface area contributed by atoms with Crippen LogP contribution < -0.4 is 9.80 Å². The molecule has 0 bridgehead atoms. The zero-order chi connectivity index (χ0) is 47.6. The summed E-state index contributed by atoms with van der Waals surface area (Å²) in [7, 11) is 0. The van der Waals surface area contributed by atoms with Crippen LogP contribution in [0.3, 0.4) is 0 Å². The second kappa shape index (κ2) is 19.0. The van der Waals surface area contributed by atoms with Gasteiger partial charge in [-0.25, -0.2) is 0 Å². The summed E-state index contributed by atoms with van der Waals surface area (Å²) in [6.45, 7) is 17.6. The molecule has 10 aromatic rings. The number of nitriles is 2. The first-order valence-corrected chi connectivity index (χ1v) is 23.8. The zero-order valence-corrected chi connectivity index (χ0v) is 40.3. The minimum atomic E-state index is 0.218. The number of aryl methyl sites for hydroxylation is 2. The second-order valence-electron chi connectivity index (χ2n) is 18.1. The van der Waals surface area contributed by atoms with Crippen LogP contribution in [0, 0.1) is 36.5 Å². The minimum Gasteiger partial charge on any atom is -0.310 e. The Labute approximate surface area is 401 Å². The fraction of sp³-hybridized carbons (Fsp3) is 0.156. The van der Waals surface area contributed by atoms with Crippen molar-refractivity contribution in [2.75, 3.05) is 9.80 Å². The van der Waals surface area contributed by atoms with Crippen molar-refractivity contribution in [3.63, 3.8) is 0 Å². The Balaban J connectivity index is 0.00000285. The molecule has 10 aromatic carbocycles. The summed E-state index contributed by atoms with van der Waals surface area (Å²) >= 11 is 0. The standard InChI is InChI=1S/C62H50N4.C2H6/c1-39(2)55-35-59(65(49-25-19-43(37-63)20-26-49)57-33-47(23-17-41(57)5)45-13-9-7-10-14-45)53-32-30-52-56(40(3)4)36-60(54-31-29-51(55)61(53)62(52)54)66(50-27-21-44(38-64)22-28-50)58-34-48(24-18-42(58)6)46-15-11-8-12-16-46;1-2/h7-36,39-40H,1-6H3;1-2H3. The van der Waals surface area contributed by atoms with Gasteiger partial charge < -0.3 is 9.80 Å². The van der Waals surface area contributed by atoms with Crippen molar-refractivity contribution in [3.05, 3.63) is 215 Å². The lowest BCUT2D eigenvalue weighted by molar-refractivity contribution is 0.875. The average Bonchev–Trinajstić information content (AvgIpc) is 3.38. The van der Waals surface area contributed by atoms with Crippen LogP contribution in [0.15, 0.2) is 182 Å². The lowest BCUT2D eigenvalue weighted by Crippen LogP contribution is -2.14. The third-order valence-corrected chi connectivity index (χ3v) is 13.3. The van der Waals surface area contributed by atoms with Gasteiger partial charge >= 0.3 is 0 Å². The van der Waals surface area contributed by atoms with Crippen LogP contribution in [0.2, 0.25) is 0 Å². The Morgan fingerprint density at radius 1 is 0.368 bits per heavy atom. The van der Waals surface area contributed by atoms with E-state index < -0.39 is 0 Å². The number of rotatable bonds is 10. The summed E-state index contributed by atoms with van der Waals surface area (Å²) in [6.07, 6.45) is 0. The number of anilines is 6. The van der Waals surface area contributed by atoms with Gasteiger partial charge in [0.05, 0.1) is 34.6 Å². The van der Waals surface area contributed by atoms with Gasteiger partial charge in [-0.3, -0.25) is 0 Å². The summed E-state index contributed by atoms with van der Waals surface area (Å²) in [5, 5.41) is 27.1. The van der Waals surface area contributed by atoms with E-state index in [0.29, 0.717) is 11.1 Å². The summed E-state index contributed by atoms with van der Waals surface area (Å²) < 4.78 is 0. The molecular weight excluding hydrogens is 825 g/mol. The van der Waals surface area contributed by atoms with Crippen LogP contribution in [0.25, 0.3) is 54.6 Å². The van der Waals surface area contributed by atoms with E-state index >= 15 is 0 Å². The van der Waals surface area contributed by atoms with Crippen molar-refractivity contribution < 1.29 is 0 Å². The molecule has 0 spiro atoms. The molecule has 0 amide bonds. The van der Waals surface area contributed by atoms with Gasteiger partial charge in [0.1, 0.15) is 0 Å². The normalized spacial score (nSPS) is 11.2. The van der Waals surface area contributed by atoms with Crippen LogP contribution in [-0.2, 0) is 0 Å². The molecule has 4 heteroatoms. The molecule has 0 fully saturated rings. The molecule has 0 radical (unpaired) electrons. The van der Waals surface area contributed by atoms with Gasteiger partial charge in [0, 0.05) is 33.5 Å². The van der Waals surface area contributed by atoms with Gasteiger partial charge in [-0.2, -0.15) is 10.5 Å². The third kappa shape index (κ3) is 8.10. The molecule has 10 rings (SSSR count). The van der Waals surface area contributed by atoms with Crippen molar-refractivity contribution in [3.8, 4) is 34.4 Å². The van der Waals surface area contributed by atoms with Crippen molar-refractivity contribution in [1.82, 2.24) is 0 Å². The monoisotopic (exact) mass is 880 g/mol. The summed E-state index contributed by atoms with van der Waals surface area (Å²) in [5.41, 5.74) is 17.0. The molecule has 4 nitrogen and oxygen atoms in total. The number of nitrogens with zero attached hydrogens (tertiary/aromatic N) is 4. The molecule has 0 aliphatic carbocycles. The van der Waals surface area contributed by atoms with Crippen molar-refractivity contribution >= 4 is 66.4 Å². The van der Waals surface area contributed by atoms with Gasteiger partial charge in [0.25, 0.3) is 0 Å². The molecule has 0 heterocycles. The Bertz CT molecular complexity index is 3260. The molecule has 68 heavy (non-hydrogen) atoms. The molecule has 0 saturated heterocycles. The maximum Gasteiger partial charge on any atom is 0.0991 e. The van der Waals surface area contributed by atoms with Gasteiger partial charge in [-0.1, -0.05) is 151 Å². The molecule has 0 saturated carbocycles. The van der Waals surface area contributed by atoms with Gasteiger partial charge in [0.2, 0.25) is 0 Å². The van der Waals surface area contributed by atoms with Crippen molar-refractivity contribution in [2.24, 2.45) is 0 Å². The summed E-state index contributed by atoms with van der Waals surface area (Å²) in [5.74, 6) is 0.436. The Hall–Kier alpha value is -8.18. The van der Waals surface area contributed by atoms with Crippen molar-refractivity contribution in [1.29, 1.82) is 10.5 Å². The highest BCUT2D eigenvalue weighted by Crippen LogP contribution is 2.52. The highest BCUT2D eigenvalue weighted by atomic mass is 15.2. The van der Waals surface area contributed by atoms with E-state index in [-0.39, 0.29) is 11.8 Å². The first kappa shape index (κ1) is 45.0. The van der Waals surface area contributed by atoms with Crippen LogP contribution in [-0.4, -0.2) is 0 Å². The largest absolute Gasteiger partial charge is 0.310 e. The molecule has 0 unspecified atom stereocenters. The lowest BCUT2D eigenvalue weighted by Gasteiger charge is -2.32. The Morgan fingerprint density at radius 2 is 0.721 bits per heavy atom. The summed E-state index contributed by atoms with van der Waals surface area (Å²) in [6, 6.07) is 69.5. The molecule has 0 aliphatic rings. The first-order valence-electron chi connectivity index (χ1n) is 23.8. The molecule has 332 valence electrons. The van der Waals surface area contributed by atoms with E-state index in [2.05, 4.69) is 221 Å². The van der Waals surface area contributed by atoms with E-state index in [1.165, 1.54) is 32.7 Å². The third-order valence-electron chi connectivity index (χ3n) is 13.3. The Morgan fingerprint density at radius 3 is 1.06 bits per heavy atom. The number of hydrogen-bond acceptors (Lipinski definition) is 4. The molecule has 0 N–H and O–H groups in total. The van der Waals surface area contributed by atoms with E-state index in [1.807, 2.05) is 38.1 Å². The van der Waals surface area contributed by atoms with Gasteiger partial charge in [-0.05, 0) is 165 Å². The fourth-order valence-corrected chi connectivity index (χ4v) is 9.84. The van der Waals surface area contributed by atoms with Gasteiger partial charge in [0.15, 0.2) is 0 Å². The van der Waals surface area contributed by atoms with E-state index in [1.54, 1.807) is 0 Å².